The van der Waals surface area contributed by atoms with Gasteiger partial charge in [0.2, 0.25) is 0 Å². The van der Waals surface area contributed by atoms with Crippen LogP contribution in [0.25, 0.3) is 0 Å². The molecule has 2 rings (SSSR count). The molecule has 2 atom stereocenters. The Morgan fingerprint density at radius 3 is 3.25 bits per heavy atom. The van der Waals surface area contributed by atoms with Gasteiger partial charge in [-0.05, 0) is 12.8 Å². The Kier molecular flexibility index (Phi) is 2.27. The number of halogens is 2. The lowest BCUT2D eigenvalue weighted by molar-refractivity contribution is 0.154. The maximum absolute atomic E-state index is 11.2. The Hall–Kier alpha value is 0.480. The van der Waals surface area contributed by atoms with Gasteiger partial charge in [0.15, 0.2) is 0 Å². The van der Waals surface area contributed by atoms with Crippen LogP contribution >= 0.6 is 38.5 Å². The Bertz CT molecular complexity index is 221. The fraction of sp³-hybridized carbons (Fsp3) is 0.857. The summed E-state index contributed by atoms with van der Waals surface area (Å²) in [5.74, 6) is 0. The Labute approximate surface area is 93.1 Å². The molecule has 12 heavy (non-hydrogen) atoms. The number of carbonyl (C=O) groups is 1. The number of nitrogens with zero attached hydrogens (tertiary/aromatic N) is 1. The van der Waals surface area contributed by atoms with Gasteiger partial charge < -0.3 is 4.74 Å². The number of alkyl halides is 2. The molecule has 0 aromatic carbocycles. The number of ether oxygens (including phenoxy) is 1. The fourth-order valence-electron chi connectivity index (χ4n) is 1.63. The van der Waals surface area contributed by atoms with Crippen LogP contribution in [0.4, 0.5) is 4.79 Å². The fourth-order valence-corrected chi connectivity index (χ4v) is 2.81. The molecule has 0 N–H and O–H groups in total. The van der Waals surface area contributed by atoms with Crippen LogP contribution in [-0.2, 0) is 4.74 Å². The molecule has 2 aliphatic heterocycles. The summed E-state index contributed by atoms with van der Waals surface area (Å²) >= 11 is 5.94. The van der Waals surface area contributed by atoms with E-state index in [0.717, 1.165) is 19.4 Å². The van der Waals surface area contributed by atoms with Crippen LogP contribution in [0.15, 0.2) is 0 Å². The van der Waals surface area contributed by atoms with Gasteiger partial charge in [-0.15, -0.1) is 0 Å². The van der Waals surface area contributed by atoms with Crippen molar-refractivity contribution in [2.24, 2.45) is 0 Å². The highest BCUT2D eigenvalue weighted by Gasteiger charge is 2.42. The molecule has 0 aliphatic carbocycles. The van der Waals surface area contributed by atoms with E-state index in [4.69, 9.17) is 4.74 Å². The van der Waals surface area contributed by atoms with E-state index in [0.29, 0.717) is 12.6 Å². The first-order valence-electron chi connectivity index (χ1n) is 3.90. The number of hydrogen-bond donors (Lipinski definition) is 0. The van der Waals surface area contributed by atoms with Gasteiger partial charge in [-0.1, -0.05) is 38.5 Å². The highest BCUT2D eigenvalue weighted by molar-refractivity contribution is 14.1. The van der Waals surface area contributed by atoms with Crippen LogP contribution in [0.3, 0.4) is 0 Å². The first-order valence-corrected chi connectivity index (χ1v) is 5.77. The summed E-state index contributed by atoms with van der Waals surface area (Å²) in [6.45, 7) is 1.34. The smallest absolute Gasteiger partial charge is 0.410 e. The number of hydrogen-bond acceptors (Lipinski definition) is 2. The van der Waals surface area contributed by atoms with Crippen LogP contribution in [0.1, 0.15) is 12.8 Å². The maximum atomic E-state index is 11.2. The molecule has 1 amide bonds. The lowest BCUT2D eigenvalue weighted by Gasteiger charge is -2.35. The first-order chi connectivity index (χ1) is 5.58. The average molecular weight is 346 g/mol. The lowest BCUT2D eigenvalue weighted by atomic mass is 10.0. The summed E-state index contributed by atoms with van der Waals surface area (Å²) < 4.78 is 5.02. The molecular weight excluding hydrogens is 337 g/mol. The summed E-state index contributed by atoms with van der Waals surface area (Å²) in [6, 6.07) is 0.331. The third kappa shape index (κ3) is 1.57. The third-order valence-corrected chi connectivity index (χ3v) is 3.85. The molecule has 0 bridgehead atoms. The second-order valence-corrected chi connectivity index (χ2v) is 8.32. The summed E-state index contributed by atoms with van der Waals surface area (Å²) in [5.41, 5.74) is 0. The lowest BCUT2D eigenvalue weighted by Crippen LogP contribution is -2.46. The molecule has 0 aromatic heterocycles. The highest BCUT2D eigenvalue weighted by atomic mass is 127. The van der Waals surface area contributed by atoms with Crippen LogP contribution < -0.4 is 0 Å². The van der Waals surface area contributed by atoms with E-state index in [1.165, 1.54) is 0 Å². The van der Waals surface area contributed by atoms with Crippen molar-refractivity contribution in [3.8, 4) is 0 Å². The standard InChI is InChI=1S/C7H9BrINO2/c8-7(9)2-1-5-3-12-6(11)10(5)4-7/h5H,1-4H2. The number of piperidine rings is 1. The molecule has 2 heterocycles. The van der Waals surface area contributed by atoms with E-state index in [1.54, 1.807) is 0 Å². The van der Waals surface area contributed by atoms with Crippen molar-refractivity contribution in [3.63, 3.8) is 0 Å². The van der Waals surface area contributed by atoms with Crippen LogP contribution in [0, 0.1) is 0 Å². The SMILES string of the molecule is O=C1OCC2CCC(Br)(I)CN12. The van der Waals surface area contributed by atoms with Gasteiger partial charge in [-0.3, -0.25) is 4.90 Å². The van der Waals surface area contributed by atoms with Gasteiger partial charge in [0.25, 0.3) is 0 Å². The number of rotatable bonds is 0. The van der Waals surface area contributed by atoms with E-state index < -0.39 is 0 Å². The Morgan fingerprint density at radius 2 is 2.50 bits per heavy atom. The molecular formula is C7H9BrINO2. The van der Waals surface area contributed by atoms with Gasteiger partial charge in [-0.25, -0.2) is 4.79 Å². The molecule has 5 heteroatoms. The molecule has 68 valence electrons. The molecule has 2 saturated heterocycles. The van der Waals surface area contributed by atoms with Crippen molar-refractivity contribution in [3.05, 3.63) is 0 Å². The topological polar surface area (TPSA) is 29.5 Å². The number of carbonyl (C=O) groups excluding carboxylic acids is 1. The summed E-state index contributed by atoms with van der Waals surface area (Å²) in [6.07, 6.45) is 1.99. The molecule has 0 radical (unpaired) electrons. The van der Waals surface area contributed by atoms with E-state index in [2.05, 4.69) is 38.5 Å². The van der Waals surface area contributed by atoms with Gasteiger partial charge in [0.05, 0.1) is 8.37 Å². The Balaban J connectivity index is 2.11. The first kappa shape index (κ1) is 9.05. The average Bonchev–Trinajstić information content (AvgIpc) is 2.31. The molecule has 2 fully saturated rings. The molecule has 0 saturated carbocycles. The van der Waals surface area contributed by atoms with Gasteiger partial charge in [0, 0.05) is 6.54 Å². The molecule has 2 unspecified atom stereocenters. The number of fused-ring (bicyclic) bond motifs is 1. The van der Waals surface area contributed by atoms with E-state index in [1.807, 2.05) is 4.90 Å². The second-order valence-electron chi connectivity index (χ2n) is 3.25. The largest absolute Gasteiger partial charge is 0.447 e. The zero-order valence-electron chi connectivity index (χ0n) is 6.43. The zero-order chi connectivity index (χ0) is 8.77. The van der Waals surface area contributed by atoms with E-state index >= 15 is 0 Å². The molecule has 0 aromatic rings. The summed E-state index contributed by atoms with van der Waals surface area (Å²) in [4.78, 5) is 13.0. The van der Waals surface area contributed by atoms with Gasteiger partial charge in [-0.2, -0.15) is 0 Å². The number of cyclic esters (lactones) is 1. The predicted octanol–water partition coefficient (Wildman–Crippen LogP) is 2.13. The molecule has 0 spiro atoms. The van der Waals surface area contributed by atoms with Crippen molar-refractivity contribution in [1.82, 2.24) is 4.90 Å². The third-order valence-electron chi connectivity index (χ3n) is 2.32. The van der Waals surface area contributed by atoms with Crippen LogP contribution in [-0.4, -0.2) is 32.5 Å². The monoisotopic (exact) mass is 345 g/mol. The second kappa shape index (κ2) is 3.01. The maximum Gasteiger partial charge on any atom is 0.410 e. The minimum Gasteiger partial charge on any atom is -0.447 e. The minimum absolute atomic E-state index is 0.0601. The minimum atomic E-state index is -0.153. The van der Waals surface area contributed by atoms with E-state index in [-0.39, 0.29) is 8.42 Å². The van der Waals surface area contributed by atoms with Gasteiger partial charge in [0.1, 0.15) is 6.61 Å². The van der Waals surface area contributed by atoms with Crippen LogP contribution in [0.2, 0.25) is 0 Å². The van der Waals surface area contributed by atoms with Crippen molar-refractivity contribution >= 4 is 44.6 Å². The Morgan fingerprint density at radius 1 is 1.75 bits per heavy atom. The highest BCUT2D eigenvalue weighted by Crippen LogP contribution is 2.40. The zero-order valence-corrected chi connectivity index (χ0v) is 10.2. The normalized spacial score (nSPS) is 41.0. The quantitative estimate of drug-likeness (QED) is 0.497. The molecule has 3 nitrogen and oxygen atoms in total. The van der Waals surface area contributed by atoms with Crippen LogP contribution in [0.5, 0.6) is 0 Å². The van der Waals surface area contributed by atoms with Crippen molar-refractivity contribution in [1.29, 1.82) is 0 Å². The summed E-state index contributed by atoms with van der Waals surface area (Å²) in [5, 5.41) is 0. The van der Waals surface area contributed by atoms with E-state index in [9.17, 15) is 4.79 Å². The van der Waals surface area contributed by atoms with Gasteiger partial charge >= 0.3 is 6.09 Å². The molecule has 2 aliphatic rings. The van der Waals surface area contributed by atoms with Crippen molar-refractivity contribution < 1.29 is 9.53 Å². The number of amides is 1. The summed E-state index contributed by atoms with van der Waals surface area (Å²) in [7, 11) is 0. The van der Waals surface area contributed by atoms with Crippen molar-refractivity contribution in [2.75, 3.05) is 13.2 Å². The predicted molar refractivity (Wildman–Crippen MR) is 56.8 cm³/mol. The van der Waals surface area contributed by atoms with Crippen molar-refractivity contribution in [2.45, 2.75) is 21.2 Å².